The van der Waals surface area contributed by atoms with E-state index >= 15 is 0 Å². The number of hydrogen-bond acceptors (Lipinski definition) is 2. The van der Waals surface area contributed by atoms with Crippen LogP contribution in [0.2, 0.25) is 0 Å². The fourth-order valence-corrected chi connectivity index (χ4v) is 3.17. The predicted molar refractivity (Wildman–Crippen MR) is 83.9 cm³/mol. The Hall–Kier alpha value is -2.28. The molecule has 2 heterocycles. The number of benzene rings is 1. The summed E-state index contributed by atoms with van der Waals surface area (Å²) in [6, 6.07) is 5.88. The predicted octanol–water partition coefficient (Wildman–Crippen LogP) is 3.22. The Kier molecular flexibility index (Phi) is 4.62. The summed E-state index contributed by atoms with van der Waals surface area (Å²) in [6.45, 7) is 0.817. The zero-order valence-electron chi connectivity index (χ0n) is 13.2. The monoisotopic (exact) mass is 337 g/mol. The number of amides is 1. The van der Waals surface area contributed by atoms with E-state index in [9.17, 15) is 18.0 Å². The number of likely N-dealkylation sites (tertiary alicyclic amines) is 1. The third-order valence-corrected chi connectivity index (χ3v) is 4.34. The minimum Gasteiger partial charge on any atom is -0.353 e. The van der Waals surface area contributed by atoms with Crippen LogP contribution in [-0.4, -0.2) is 28.5 Å². The zero-order valence-corrected chi connectivity index (χ0v) is 13.2. The first-order chi connectivity index (χ1) is 11.5. The molecule has 24 heavy (non-hydrogen) atoms. The summed E-state index contributed by atoms with van der Waals surface area (Å²) in [5, 5.41) is 2.32. The van der Waals surface area contributed by atoms with Gasteiger partial charge in [0.15, 0.2) is 17.5 Å². The van der Waals surface area contributed by atoms with Gasteiger partial charge in [-0.1, -0.05) is 0 Å². The number of aryl methyl sites for hydroxylation is 1. The first-order valence-corrected chi connectivity index (χ1v) is 7.76. The fraction of sp³-hybridized carbons (Fsp3) is 0.353. The van der Waals surface area contributed by atoms with Crippen molar-refractivity contribution in [3.05, 3.63) is 53.6 Å². The molecule has 0 bridgehead atoms. The summed E-state index contributed by atoms with van der Waals surface area (Å²) >= 11 is 0. The van der Waals surface area contributed by atoms with E-state index in [4.69, 9.17) is 0 Å². The van der Waals surface area contributed by atoms with Crippen LogP contribution in [0.5, 0.6) is 0 Å². The number of nitrogens with one attached hydrogen (secondary N) is 1. The van der Waals surface area contributed by atoms with Crippen molar-refractivity contribution in [2.24, 2.45) is 7.05 Å². The molecule has 1 fully saturated rings. The van der Waals surface area contributed by atoms with Gasteiger partial charge in [0.2, 0.25) is 5.91 Å². The Bertz CT molecular complexity index is 760. The van der Waals surface area contributed by atoms with Crippen molar-refractivity contribution in [3.8, 4) is 0 Å². The average Bonchev–Trinajstić information content (AvgIpc) is 3.16. The molecule has 0 aliphatic carbocycles. The lowest BCUT2D eigenvalue weighted by molar-refractivity contribution is -0.117. The van der Waals surface area contributed by atoms with Gasteiger partial charge < -0.3 is 9.88 Å². The summed E-state index contributed by atoms with van der Waals surface area (Å²) < 4.78 is 41.8. The normalized spacial score (nSPS) is 18.1. The smallest absolute Gasteiger partial charge is 0.238 e. The quantitative estimate of drug-likeness (QED) is 0.870. The number of anilines is 1. The van der Waals surface area contributed by atoms with E-state index in [1.54, 1.807) is 0 Å². The van der Waals surface area contributed by atoms with E-state index in [1.807, 2.05) is 34.8 Å². The van der Waals surface area contributed by atoms with Crippen LogP contribution >= 0.6 is 0 Å². The second-order valence-electron chi connectivity index (χ2n) is 5.94. The molecule has 0 unspecified atom stereocenters. The maximum absolute atomic E-state index is 13.6. The minimum absolute atomic E-state index is 0.0638. The van der Waals surface area contributed by atoms with Gasteiger partial charge in [0, 0.05) is 18.9 Å². The van der Waals surface area contributed by atoms with Crippen molar-refractivity contribution >= 4 is 11.6 Å². The second-order valence-corrected chi connectivity index (χ2v) is 5.94. The average molecular weight is 337 g/mol. The van der Waals surface area contributed by atoms with Gasteiger partial charge in [0.25, 0.3) is 0 Å². The number of nitrogens with zero attached hydrogens (tertiary/aromatic N) is 2. The summed E-state index contributed by atoms with van der Waals surface area (Å²) in [4.78, 5) is 14.2. The van der Waals surface area contributed by atoms with Crippen LogP contribution in [0.4, 0.5) is 18.9 Å². The highest BCUT2D eigenvalue weighted by Gasteiger charge is 2.29. The van der Waals surface area contributed by atoms with E-state index < -0.39 is 23.4 Å². The summed E-state index contributed by atoms with van der Waals surface area (Å²) in [6.07, 6.45) is 3.84. The molecular formula is C17H18F3N3O. The standard InChI is InChI=1S/C17H18F3N3O/c1-22-8-2-4-13(22)14-5-3-9-23(14)10-15(24)21-12-7-6-11(18)16(19)17(12)20/h2,4,6-8,14H,3,5,9-10H2,1H3,(H,21,24)/t14-/m1/s1. The van der Waals surface area contributed by atoms with E-state index in [2.05, 4.69) is 5.32 Å². The Balaban J connectivity index is 1.69. The largest absolute Gasteiger partial charge is 0.353 e. The number of rotatable bonds is 4. The summed E-state index contributed by atoms with van der Waals surface area (Å²) in [5.74, 6) is -4.71. The zero-order chi connectivity index (χ0) is 17.3. The molecule has 4 nitrogen and oxygen atoms in total. The Morgan fingerprint density at radius 1 is 1.25 bits per heavy atom. The number of carbonyl (C=O) groups excluding carboxylic acids is 1. The highest BCUT2D eigenvalue weighted by molar-refractivity contribution is 5.92. The molecule has 1 saturated heterocycles. The molecule has 2 aromatic rings. The van der Waals surface area contributed by atoms with Crippen LogP contribution in [0, 0.1) is 17.5 Å². The van der Waals surface area contributed by atoms with Gasteiger partial charge in [0.05, 0.1) is 18.3 Å². The van der Waals surface area contributed by atoms with Crippen molar-refractivity contribution in [1.29, 1.82) is 0 Å². The molecule has 1 aromatic heterocycles. The second kappa shape index (κ2) is 6.68. The maximum Gasteiger partial charge on any atom is 0.238 e. The van der Waals surface area contributed by atoms with Gasteiger partial charge in [0.1, 0.15) is 0 Å². The van der Waals surface area contributed by atoms with Crippen molar-refractivity contribution in [1.82, 2.24) is 9.47 Å². The van der Waals surface area contributed by atoms with Crippen LogP contribution < -0.4 is 5.32 Å². The molecule has 128 valence electrons. The first kappa shape index (κ1) is 16.6. The molecule has 0 saturated carbocycles. The van der Waals surface area contributed by atoms with Crippen LogP contribution in [0.15, 0.2) is 30.5 Å². The third-order valence-electron chi connectivity index (χ3n) is 4.34. The van der Waals surface area contributed by atoms with Gasteiger partial charge in [-0.3, -0.25) is 9.69 Å². The molecule has 1 aliphatic rings. The van der Waals surface area contributed by atoms with Crippen LogP contribution in [0.3, 0.4) is 0 Å². The van der Waals surface area contributed by atoms with Crippen molar-refractivity contribution < 1.29 is 18.0 Å². The lowest BCUT2D eigenvalue weighted by Crippen LogP contribution is -2.33. The molecule has 7 heteroatoms. The molecule has 1 aromatic carbocycles. The maximum atomic E-state index is 13.6. The highest BCUT2D eigenvalue weighted by Crippen LogP contribution is 2.31. The molecule has 0 spiro atoms. The van der Waals surface area contributed by atoms with E-state index in [-0.39, 0.29) is 18.3 Å². The van der Waals surface area contributed by atoms with Crippen LogP contribution in [0.25, 0.3) is 0 Å². The molecule has 3 rings (SSSR count). The topological polar surface area (TPSA) is 37.3 Å². The van der Waals surface area contributed by atoms with Gasteiger partial charge >= 0.3 is 0 Å². The molecule has 1 aliphatic heterocycles. The Morgan fingerprint density at radius 3 is 2.75 bits per heavy atom. The number of carbonyl (C=O) groups is 1. The highest BCUT2D eigenvalue weighted by atomic mass is 19.2. The molecule has 1 amide bonds. The van der Waals surface area contributed by atoms with Gasteiger partial charge in [-0.25, -0.2) is 13.2 Å². The molecule has 1 N–H and O–H groups in total. The summed E-state index contributed by atoms with van der Waals surface area (Å²) in [7, 11) is 1.95. The Morgan fingerprint density at radius 2 is 2.04 bits per heavy atom. The number of aromatic nitrogens is 1. The van der Waals surface area contributed by atoms with E-state index in [0.717, 1.165) is 37.2 Å². The SMILES string of the molecule is Cn1cccc1[C@H]1CCCN1CC(=O)Nc1ccc(F)c(F)c1F. The van der Waals surface area contributed by atoms with E-state index in [0.29, 0.717) is 0 Å². The minimum atomic E-state index is -1.59. The van der Waals surface area contributed by atoms with Gasteiger partial charge in [-0.05, 0) is 43.7 Å². The summed E-state index contributed by atoms with van der Waals surface area (Å²) in [5.41, 5.74) is 0.757. The first-order valence-electron chi connectivity index (χ1n) is 7.76. The fourth-order valence-electron chi connectivity index (χ4n) is 3.17. The van der Waals surface area contributed by atoms with Gasteiger partial charge in [-0.15, -0.1) is 0 Å². The van der Waals surface area contributed by atoms with Gasteiger partial charge in [-0.2, -0.15) is 0 Å². The van der Waals surface area contributed by atoms with Crippen LogP contribution in [0.1, 0.15) is 24.6 Å². The lowest BCUT2D eigenvalue weighted by Gasteiger charge is -2.24. The molecule has 1 atom stereocenters. The Labute approximate surface area is 137 Å². The third kappa shape index (κ3) is 3.17. The van der Waals surface area contributed by atoms with E-state index in [1.165, 1.54) is 0 Å². The number of halogens is 3. The van der Waals surface area contributed by atoms with Crippen molar-refractivity contribution in [2.45, 2.75) is 18.9 Å². The van der Waals surface area contributed by atoms with Crippen LogP contribution in [-0.2, 0) is 11.8 Å². The van der Waals surface area contributed by atoms with Crippen molar-refractivity contribution in [3.63, 3.8) is 0 Å². The number of hydrogen-bond donors (Lipinski definition) is 1. The van der Waals surface area contributed by atoms with Crippen molar-refractivity contribution in [2.75, 3.05) is 18.4 Å². The molecular weight excluding hydrogens is 319 g/mol. The molecule has 0 radical (unpaired) electrons. The lowest BCUT2D eigenvalue weighted by atomic mass is 10.1.